The zero-order valence-corrected chi connectivity index (χ0v) is 19.3. The van der Waals surface area contributed by atoms with Crippen molar-refractivity contribution in [2.24, 2.45) is 23.7 Å². The van der Waals surface area contributed by atoms with Crippen LogP contribution in [0.3, 0.4) is 0 Å². The highest BCUT2D eigenvalue weighted by Crippen LogP contribution is 2.60. The third kappa shape index (κ3) is 3.80. The topological polar surface area (TPSA) is 83.5 Å². The van der Waals surface area contributed by atoms with Crippen LogP contribution in [0, 0.1) is 27.2 Å². The van der Waals surface area contributed by atoms with Gasteiger partial charge in [-0.25, -0.2) is 13.2 Å². The number of hydrogen-bond donors (Lipinski definition) is 0. The van der Waals surface area contributed by atoms with Gasteiger partial charge in [-0.2, -0.15) is 0 Å². The van der Waals surface area contributed by atoms with Gasteiger partial charge < -0.3 is 9.29 Å². The second-order valence-electron chi connectivity index (χ2n) is 9.01. The van der Waals surface area contributed by atoms with Crippen molar-refractivity contribution in [2.75, 3.05) is 0 Å². The summed E-state index contributed by atoms with van der Waals surface area (Å²) in [7, 11) is -4.61. The van der Waals surface area contributed by atoms with E-state index in [0.29, 0.717) is 23.0 Å². The molecule has 0 unspecified atom stereocenters. The molecule has 5 nitrogen and oxygen atoms in total. The Labute approximate surface area is 190 Å². The van der Waals surface area contributed by atoms with Crippen molar-refractivity contribution in [2.45, 2.75) is 42.9 Å². The Morgan fingerprint density at radius 2 is 1.63 bits per heavy atom. The van der Waals surface area contributed by atoms with Crippen LogP contribution in [-0.4, -0.2) is 18.9 Å². The molecule has 4 aliphatic carbocycles. The van der Waals surface area contributed by atoms with Gasteiger partial charge >= 0.3 is 5.97 Å². The number of carbonyl (C=O) groups excluding carboxylic acids is 1. The second-order valence-corrected chi connectivity index (χ2v) is 11.6. The zero-order valence-electron chi connectivity index (χ0n) is 16.3. The molecular formula is C23H22IO5S-. The van der Waals surface area contributed by atoms with E-state index in [-0.39, 0.29) is 16.6 Å². The van der Waals surface area contributed by atoms with Crippen LogP contribution in [0.2, 0.25) is 0 Å². The smallest absolute Gasteiger partial charge is 0.343 e. The normalized spacial score (nSPS) is 29.7. The van der Waals surface area contributed by atoms with Gasteiger partial charge in [-0.05, 0) is 126 Å². The first-order valence-corrected chi connectivity index (χ1v) is 12.8. The van der Waals surface area contributed by atoms with Crippen molar-refractivity contribution in [3.05, 3.63) is 57.2 Å². The van der Waals surface area contributed by atoms with E-state index in [2.05, 4.69) is 22.6 Å². The summed E-state index contributed by atoms with van der Waals surface area (Å²) in [6.45, 7) is 0. The van der Waals surface area contributed by atoms with Crippen molar-refractivity contribution >= 4 is 38.7 Å². The molecule has 2 aromatic carbocycles. The highest BCUT2D eigenvalue weighted by atomic mass is 127. The van der Waals surface area contributed by atoms with Crippen LogP contribution in [0.5, 0.6) is 5.75 Å². The molecule has 4 aliphatic rings. The number of carbonyl (C=O) groups is 1. The average Bonchev–Trinajstić information content (AvgIpc) is 2.66. The number of halogens is 1. The number of rotatable bonds is 4. The van der Waals surface area contributed by atoms with Gasteiger partial charge in [-0.3, -0.25) is 0 Å². The maximum atomic E-state index is 12.6. The Bertz CT molecular complexity index is 1080. The van der Waals surface area contributed by atoms with E-state index in [9.17, 15) is 17.8 Å². The predicted octanol–water partition coefficient (Wildman–Crippen LogP) is 4.95. The summed E-state index contributed by atoms with van der Waals surface area (Å²) in [5, 5.41) is 0. The maximum Gasteiger partial charge on any atom is 0.343 e. The molecule has 4 bridgehead atoms. The molecule has 0 heterocycles. The van der Waals surface area contributed by atoms with E-state index in [1.54, 1.807) is 24.3 Å². The molecule has 0 N–H and O–H groups in total. The lowest BCUT2D eigenvalue weighted by molar-refractivity contribution is -0.00374. The van der Waals surface area contributed by atoms with Gasteiger partial charge in [-0.1, -0.05) is 6.07 Å². The summed E-state index contributed by atoms with van der Waals surface area (Å²) in [6, 6.07) is 11.4. The summed E-state index contributed by atoms with van der Waals surface area (Å²) in [4.78, 5) is 12.4. The fourth-order valence-electron chi connectivity index (χ4n) is 6.29. The van der Waals surface area contributed by atoms with E-state index >= 15 is 0 Å². The van der Waals surface area contributed by atoms with Gasteiger partial charge in [0.1, 0.15) is 15.9 Å². The van der Waals surface area contributed by atoms with Crippen LogP contribution in [0.15, 0.2) is 47.4 Å². The highest BCUT2D eigenvalue weighted by Gasteiger charge is 2.49. The maximum absolute atomic E-state index is 12.6. The van der Waals surface area contributed by atoms with Gasteiger partial charge in [0.25, 0.3) is 0 Å². The third-order valence-electron chi connectivity index (χ3n) is 7.11. The molecule has 0 aromatic heterocycles. The first-order chi connectivity index (χ1) is 14.3. The molecule has 0 spiro atoms. The van der Waals surface area contributed by atoms with Crippen LogP contribution < -0.4 is 4.74 Å². The summed E-state index contributed by atoms with van der Waals surface area (Å²) < 4.78 is 42.5. The molecule has 0 saturated heterocycles. The van der Waals surface area contributed by atoms with Gasteiger partial charge in [0.2, 0.25) is 0 Å². The zero-order chi connectivity index (χ0) is 21.0. The first kappa shape index (κ1) is 20.5. The van der Waals surface area contributed by atoms with Crippen molar-refractivity contribution < 1.29 is 22.5 Å². The van der Waals surface area contributed by atoms with E-state index < -0.39 is 16.1 Å². The number of benzene rings is 2. The lowest BCUT2D eigenvalue weighted by atomic mass is 9.51. The molecule has 0 atom stereocenters. The molecule has 6 rings (SSSR count). The molecule has 7 heteroatoms. The van der Waals surface area contributed by atoms with E-state index in [1.807, 2.05) is 6.07 Å². The first-order valence-electron chi connectivity index (χ1n) is 10.4. The Hall–Kier alpha value is -1.45. The molecule has 0 radical (unpaired) electrons. The second kappa shape index (κ2) is 7.60. The molecule has 0 aliphatic heterocycles. The van der Waals surface area contributed by atoms with E-state index in [1.165, 1.54) is 18.6 Å². The molecule has 0 amide bonds. The van der Waals surface area contributed by atoms with Crippen LogP contribution in [-0.2, 0) is 10.1 Å². The van der Waals surface area contributed by atoms with Crippen molar-refractivity contribution in [1.29, 1.82) is 0 Å². The minimum absolute atomic E-state index is 0.0489. The Morgan fingerprint density at radius 3 is 2.23 bits per heavy atom. The van der Waals surface area contributed by atoms with Crippen molar-refractivity contribution in [3.63, 3.8) is 0 Å². The van der Waals surface area contributed by atoms with Gasteiger partial charge in [0.05, 0.1) is 10.5 Å². The lowest BCUT2D eigenvalue weighted by Crippen LogP contribution is -2.44. The summed E-state index contributed by atoms with van der Waals surface area (Å²) in [5.74, 6) is 2.12. The molecule has 30 heavy (non-hydrogen) atoms. The molecule has 158 valence electrons. The Morgan fingerprint density at radius 1 is 0.967 bits per heavy atom. The Kier molecular flexibility index (Phi) is 5.18. The standard InChI is InChI=1S/C23H23IO5S/c24-18-3-1-2-15(11-18)23(25)29-19-4-5-21(30(26,27)28)20(12-19)22-16-7-13-6-14(9-16)10-17(22)8-13/h1-5,11-14,16-17,22H,6-10H2,(H,26,27,28)/p-1. The van der Waals surface area contributed by atoms with Gasteiger partial charge in [0.15, 0.2) is 0 Å². The minimum atomic E-state index is -4.61. The highest BCUT2D eigenvalue weighted by molar-refractivity contribution is 14.1. The van der Waals surface area contributed by atoms with Crippen LogP contribution in [0.25, 0.3) is 0 Å². The third-order valence-corrected chi connectivity index (χ3v) is 8.69. The summed E-state index contributed by atoms with van der Waals surface area (Å²) in [6.07, 6.45) is 5.69. The molecule has 2 aromatic rings. The monoisotopic (exact) mass is 537 g/mol. The van der Waals surface area contributed by atoms with Crippen LogP contribution in [0.1, 0.15) is 53.9 Å². The van der Waals surface area contributed by atoms with E-state index in [4.69, 9.17) is 4.74 Å². The SMILES string of the molecule is O=C(Oc1ccc(S(=O)(=O)[O-])c(C2C3CC4CC(C3)CC2C4)c1)c1cccc(I)c1. The van der Waals surface area contributed by atoms with Crippen molar-refractivity contribution in [1.82, 2.24) is 0 Å². The number of ether oxygens (including phenoxy) is 1. The van der Waals surface area contributed by atoms with Gasteiger partial charge in [-0.15, -0.1) is 0 Å². The molecule has 4 fully saturated rings. The van der Waals surface area contributed by atoms with Gasteiger partial charge in [0, 0.05) is 3.57 Å². The lowest BCUT2D eigenvalue weighted by Gasteiger charge is -2.55. The summed E-state index contributed by atoms with van der Waals surface area (Å²) in [5.41, 5.74) is 0.977. The van der Waals surface area contributed by atoms with E-state index in [0.717, 1.165) is 41.1 Å². The fourth-order valence-corrected chi connectivity index (χ4v) is 7.55. The van der Waals surface area contributed by atoms with Crippen LogP contribution >= 0.6 is 22.6 Å². The molecular weight excluding hydrogens is 515 g/mol. The predicted molar refractivity (Wildman–Crippen MR) is 118 cm³/mol. The fraction of sp³-hybridized carbons (Fsp3) is 0.435. The summed E-state index contributed by atoms with van der Waals surface area (Å²) >= 11 is 2.13. The largest absolute Gasteiger partial charge is 0.744 e. The Balaban J connectivity index is 1.50. The average molecular weight is 537 g/mol. The number of hydrogen-bond acceptors (Lipinski definition) is 5. The van der Waals surface area contributed by atoms with Crippen molar-refractivity contribution in [3.8, 4) is 5.75 Å². The molecule has 4 saturated carbocycles. The van der Waals surface area contributed by atoms with Crippen LogP contribution in [0.4, 0.5) is 0 Å². The number of esters is 1. The minimum Gasteiger partial charge on any atom is -0.744 e. The quantitative estimate of drug-likeness (QED) is 0.239.